The predicted octanol–water partition coefficient (Wildman–Crippen LogP) is 3.80. The zero-order chi connectivity index (χ0) is 15.5. The zero-order valence-corrected chi connectivity index (χ0v) is 12.6. The van der Waals surface area contributed by atoms with Crippen molar-refractivity contribution in [1.82, 2.24) is 0 Å². The fourth-order valence-electron chi connectivity index (χ4n) is 1.94. The number of ether oxygens (including phenoxy) is 1. The molecule has 0 saturated heterocycles. The van der Waals surface area contributed by atoms with Crippen molar-refractivity contribution in [3.05, 3.63) is 59.7 Å². The van der Waals surface area contributed by atoms with Crippen LogP contribution < -0.4 is 0 Å². The summed E-state index contributed by atoms with van der Waals surface area (Å²) in [5.74, 6) is -0.315. The lowest BCUT2D eigenvalue weighted by Crippen LogP contribution is -2.23. The van der Waals surface area contributed by atoms with Gasteiger partial charge in [0.15, 0.2) is 0 Å². The zero-order valence-electron chi connectivity index (χ0n) is 12.6. The highest BCUT2D eigenvalue weighted by molar-refractivity contribution is 5.90. The molecule has 1 N–H and O–H groups in total. The average Bonchev–Trinajstić information content (AvgIpc) is 2.46. The number of benzene rings is 2. The number of hydrogen-bond acceptors (Lipinski definition) is 3. The van der Waals surface area contributed by atoms with Crippen molar-refractivity contribution in [2.75, 3.05) is 0 Å². The van der Waals surface area contributed by atoms with Gasteiger partial charge in [0.25, 0.3) is 0 Å². The quantitative estimate of drug-likeness (QED) is 0.872. The first kappa shape index (κ1) is 15.3. The van der Waals surface area contributed by atoms with Crippen LogP contribution in [0, 0.1) is 0 Å². The van der Waals surface area contributed by atoms with Gasteiger partial charge in [-0.15, -0.1) is 0 Å². The molecule has 2 aromatic rings. The minimum Gasteiger partial charge on any atom is -0.456 e. The van der Waals surface area contributed by atoms with E-state index in [-0.39, 0.29) is 12.6 Å². The van der Waals surface area contributed by atoms with Crippen LogP contribution in [0.3, 0.4) is 0 Å². The Bertz CT molecular complexity index is 604. The van der Waals surface area contributed by atoms with Crippen molar-refractivity contribution in [3.63, 3.8) is 0 Å². The van der Waals surface area contributed by atoms with Crippen LogP contribution in [0.25, 0.3) is 11.1 Å². The molecular formula is C18H20O3. The van der Waals surface area contributed by atoms with Crippen LogP contribution in [0.15, 0.2) is 48.5 Å². The molecule has 0 amide bonds. The van der Waals surface area contributed by atoms with E-state index in [2.05, 4.69) is 0 Å². The lowest BCUT2D eigenvalue weighted by atomic mass is 10.0. The first-order chi connectivity index (χ1) is 9.89. The van der Waals surface area contributed by atoms with Crippen molar-refractivity contribution < 1.29 is 14.6 Å². The summed E-state index contributed by atoms with van der Waals surface area (Å²) >= 11 is 0. The molecule has 0 aliphatic heterocycles. The summed E-state index contributed by atoms with van der Waals surface area (Å²) < 4.78 is 5.33. The van der Waals surface area contributed by atoms with Crippen molar-refractivity contribution in [3.8, 4) is 11.1 Å². The maximum absolute atomic E-state index is 11.9. The summed E-state index contributed by atoms with van der Waals surface area (Å²) in [4.78, 5) is 11.9. The van der Waals surface area contributed by atoms with Gasteiger partial charge in [0.05, 0.1) is 12.2 Å². The number of rotatable bonds is 3. The molecule has 2 aromatic carbocycles. The van der Waals surface area contributed by atoms with E-state index in [9.17, 15) is 4.79 Å². The molecule has 0 saturated carbocycles. The molecule has 0 aliphatic rings. The van der Waals surface area contributed by atoms with Gasteiger partial charge in [0, 0.05) is 0 Å². The van der Waals surface area contributed by atoms with E-state index in [0.717, 1.165) is 16.7 Å². The Morgan fingerprint density at radius 3 is 1.86 bits per heavy atom. The number of aliphatic hydroxyl groups is 1. The molecule has 0 aromatic heterocycles. The minimum absolute atomic E-state index is 0.0395. The Morgan fingerprint density at radius 2 is 1.43 bits per heavy atom. The van der Waals surface area contributed by atoms with Gasteiger partial charge in [-0.3, -0.25) is 0 Å². The third kappa shape index (κ3) is 4.17. The van der Waals surface area contributed by atoms with Gasteiger partial charge in [-0.2, -0.15) is 0 Å². The van der Waals surface area contributed by atoms with Crippen LogP contribution in [0.5, 0.6) is 0 Å². The lowest BCUT2D eigenvalue weighted by Gasteiger charge is -2.19. The van der Waals surface area contributed by atoms with Crippen LogP contribution in [0.1, 0.15) is 36.7 Å². The summed E-state index contributed by atoms with van der Waals surface area (Å²) in [6.07, 6.45) is 0. The third-order valence-corrected chi connectivity index (χ3v) is 2.99. The standard InChI is InChI=1S/C18H20O3/c1-18(2,3)21-17(20)16-10-8-15(9-11-16)14-6-4-13(12-19)5-7-14/h4-11,19H,12H2,1-3H3. The first-order valence-electron chi connectivity index (χ1n) is 6.92. The minimum atomic E-state index is -0.490. The van der Waals surface area contributed by atoms with E-state index >= 15 is 0 Å². The Hall–Kier alpha value is -2.13. The molecule has 0 heterocycles. The summed E-state index contributed by atoms with van der Waals surface area (Å²) in [5.41, 5.74) is 3.00. The molecule has 0 bridgehead atoms. The summed E-state index contributed by atoms with van der Waals surface area (Å²) in [6.45, 7) is 5.59. The molecule has 0 aliphatic carbocycles. The molecular weight excluding hydrogens is 264 g/mol. The Morgan fingerprint density at radius 1 is 0.952 bits per heavy atom. The summed E-state index contributed by atoms with van der Waals surface area (Å²) in [7, 11) is 0. The molecule has 0 fully saturated rings. The van der Waals surface area contributed by atoms with Crippen LogP contribution in [-0.4, -0.2) is 16.7 Å². The highest BCUT2D eigenvalue weighted by Gasteiger charge is 2.17. The molecule has 2 rings (SSSR count). The Balaban J connectivity index is 2.16. The molecule has 0 atom stereocenters. The van der Waals surface area contributed by atoms with Gasteiger partial charge >= 0.3 is 5.97 Å². The third-order valence-electron chi connectivity index (χ3n) is 2.99. The molecule has 3 heteroatoms. The van der Waals surface area contributed by atoms with Crippen molar-refractivity contribution in [2.24, 2.45) is 0 Å². The van der Waals surface area contributed by atoms with Crippen LogP contribution in [-0.2, 0) is 11.3 Å². The highest BCUT2D eigenvalue weighted by Crippen LogP contribution is 2.21. The van der Waals surface area contributed by atoms with Crippen LogP contribution >= 0.6 is 0 Å². The van der Waals surface area contributed by atoms with Crippen LogP contribution in [0.4, 0.5) is 0 Å². The normalized spacial score (nSPS) is 11.2. The molecule has 0 spiro atoms. The molecule has 21 heavy (non-hydrogen) atoms. The van der Waals surface area contributed by atoms with Crippen LogP contribution in [0.2, 0.25) is 0 Å². The lowest BCUT2D eigenvalue weighted by molar-refractivity contribution is 0.00696. The molecule has 3 nitrogen and oxygen atoms in total. The maximum Gasteiger partial charge on any atom is 0.338 e. The van der Waals surface area contributed by atoms with Gasteiger partial charge < -0.3 is 9.84 Å². The number of aliphatic hydroxyl groups excluding tert-OH is 1. The molecule has 110 valence electrons. The van der Waals surface area contributed by atoms with Crippen molar-refractivity contribution in [1.29, 1.82) is 0 Å². The number of hydrogen-bond donors (Lipinski definition) is 1. The van der Waals surface area contributed by atoms with Gasteiger partial charge in [-0.1, -0.05) is 36.4 Å². The van der Waals surface area contributed by atoms with Gasteiger partial charge in [-0.05, 0) is 49.6 Å². The largest absolute Gasteiger partial charge is 0.456 e. The number of esters is 1. The second kappa shape index (κ2) is 6.10. The average molecular weight is 284 g/mol. The monoisotopic (exact) mass is 284 g/mol. The highest BCUT2D eigenvalue weighted by atomic mass is 16.6. The fraction of sp³-hybridized carbons (Fsp3) is 0.278. The van der Waals surface area contributed by atoms with Gasteiger partial charge in [0.1, 0.15) is 5.60 Å². The summed E-state index contributed by atoms with van der Waals surface area (Å²) in [5, 5.41) is 9.04. The van der Waals surface area contributed by atoms with E-state index in [1.54, 1.807) is 12.1 Å². The van der Waals surface area contributed by atoms with E-state index < -0.39 is 5.60 Å². The van der Waals surface area contributed by atoms with Crippen molar-refractivity contribution in [2.45, 2.75) is 33.0 Å². The van der Waals surface area contributed by atoms with Gasteiger partial charge in [0.2, 0.25) is 0 Å². The predicted molar refractivity (Wildman–Crippen MR) is 83.0 cm³/mol. The summed E-state index contributed by atoms with van der Waals surface area (Å²) in [6, 6.07) is 15.0. The Labute approximate surface area is 125 Å². The first-order valence-corrected chi connectivity index (χ1v) is 6.92. The van der Waals surface area contributed by atoms with E-state index in [0.29, 0.717) is 5.56 Å². The number of carbonyl (C=O) groups is 1. The topological polar surface area (TPSA) is 46.5 Å². The van der Waals surface area contributed by atoms with E-state index in [1.807, 2.05) is 57.2 Å². The van der Waals surface area contributed by atoms with E-state index in [4.69, 9.17) is 9.84 Å². The SMILES string of the molecule is CC(C)(C)OC(=O)c1ccc(-c2ccc(CO)cc2)cc1. The maximum atomic E-state index is 11.9. The molecule has 0 radical (unpaired) electrons. The number of carbonyl (C=O) groups excluding carboxylic acids is 1. The van der Waals surface area contributed by atoms with Gasteiger partial charge in [-0.25, -0.2) is 4.79 Å². The fourth-order valence-corrected chi connectivity index (χ4v) is 1.94. The second-order valence-electron chi connectivity index (χ2n) is 5.93. The smallest absolute Gasteiger partial charge is 0.338 e. The van der Waals surface area contributed by atoms with Crippen molar-refractivity contribution >= 4 is 5.97 Å². The molecule has 0 unspecified atom stereocenters. The second-order valence-corrected chi connectivity index (χ2v) is 5.93. The Kier molecular flexibility index (Phi) is 4.43. The van der Waals surface area contributed by atoms with E-state index in [1.165, 1.54) is 0 Å².